The molecule has 0 aliphatic heterocycles. The molecule has 1 heterocycles. The van der Waals surface area contributed by atoms with Gasteiger partial charge in [-0.05, 0) is 28.1 Å². The molecule has 0 saturated heterocycles. The van der Waals surface area contributed by atoms with E-state index in [0.717, 1.165) is 11.5 Å². The van der Waals surface area contributed by atoms with Crippen molar-refractivity contribution in [2.75, 3.05) is 19.5 Å². The van der Waals surface area contributed by atoms with Crippen molar-refractivity contribution in [3.05, 3.63) is 40.8 Å². The van der Waals surface area contributed by atoms with E-state index in [-0.39, 0.29) is 21.9 Å². The van der Waals surface area contributed by atoms with Gasteiger partial charge in [0.2, 0.25) is 5.95 Å². The molecule has 24 heavy (non-hydrogen) atoms. The maximum atomic E-state index is 14.0. The monoisotopic (exact) mass is 393 g/mol. The van der Waals surface area contributed by atoms with E-state index in [0.29, 0.717) is 17.0 Å². The molecule has 124 valence electrons. The number of rotatable bonds is 4. The number of anilines is 2. The Morgan fingerprint density at radius 3 is 2.54 bits per heavy atom. The first-order valence-electron chi connectivity index (χ1n) is 6.85. The number of ether oxygens (including phenoxy) is 2. The van der Waals surface area contributed by atoms with Gasteiger partial charge in [-0.1, -0.05) is 0 Å². The van der Waals surface area contributed by atoms with Gasteiger partial charge < -0.3 is 19.9 Å². The lowest BCUT2D eigenvalue weighted by atomic mass is 10.2. The van der Waals surface area contributed by atoms with Crippen molar-refractivity contribution < 1.29 is 19.0 Å². The molecule has 8 heteroatoms. The van der Waals surface area contributed by atoms with Crippen molar-refractivity contribution in [1.29, 1.82) is 0 Å². The first-order chi connectivity index (χ1) is 11.5. The number of nitrogens with one attached hydrogen (secondary N) is 1. The Labute approximate surface area is 145 Å². The van der Waals surface area contributed by atoms with Gasteiger partial charge in [-0.25, -0.2) is 14.4 Å². The standard InChI is InChI=1S/C16H13BrFN3O3/c1-23-14-3-8-7-19-16(20-11(8)6-15(14)24-2)21-12-5-13(22)9(17)4-10(12)18/h3-7,22H,1-2H3,(H,19,20,21). The number of phenolic OH excluding ortho intramolecular Hbond substituents is 1. The predicted molar refractivity (Wildman–Crippen MR) is 91.7 cm³/mol. The van der Waals surface area contributed by atoms with Gasteiger partial charge in [0.1, 0.15) is 11.6 Å². The van der Waals surface area contributed by atoms with Crippen molar-refractivity contribution in [3.63, 3.8) is 0 Å². The summed E-state index contributed by atoms with van der Waals surface area (Å²) in [6, 6.07) is 5.87. The van der Waals surface area contributed by atoms with Crippen LogP contribution in [0.2, 0.25) is 0 Å². The molecule has 6 nitrogen and oxygen atoms in total. The summed E-state index contributed by atoms with van der Waals surface area (Å²) in [6.45, 7) is 0. The predicted octanol–water partition coefficient (Wildman–Crippen LogP) is 4.00. The second-order valence-electron chi connectivity index (χ2n) is 4.87. The normalized spacial score (nSPS) is 10.7. The van der Waals surface area contributed by atoms with Crippen LogP contribution in [0.3, 0.4) is 0 Å². The molecule has 0 radical (unpaired) electrons. The molecule has 3 rings (SSSR count). The number of aromatic nitrogens is 2. The van der Waals surface area contributed by atoms with Crippen molar-refractivity contribution in [3.8, 4) is 17.2 Å². The summed E-state index contributed by atoms with van der Waals surface area (Å²) >= 11 is 3.05. The number of phenols is 1. The number of hydrogen-bond donors (Lipinski definition) is 2. The van der Waals surface area contributed by atoms with Crippen LogP contribution in [0.5, 0.6) is 17.2 Å². The van der Waals surface area contributed by atoms with Gasteiger partial charge in [0.25, 0.3) is 0 Å². The number of fused-ring (bicyclic) bond motifs is 1. The molecule has 0 amide bonds. The fraction of sp³-hybridized carbons (Fsp3) is 0.125. The fourth-order valence-corrected chi connectivity index (χ4v) is 2.49. The third-order valence-electron chi connectivity index (χ3n) is 3.37. The minimum atomic E-state index is -0.546. The Balaban J connectivity index is 2.00. The SMILES string of the molecule is COc1cc2cnc(Nc3cc(O)c(Br)cc3F)nc2cc1OC. The smallest absolute Gasteiger partial charge is 0.227 e. The number of nitrogens with zero attached hydrogens (tertiary/aromatic N) is 2. The van der Waals surface area contributed by atoms with Crippen molar-refractivity contribution in [2.45, 2.75) is 0 Å². The average molecular weight is 394 g/mol. The molecule has 0 aliphatic carbocycles. The third-order valence-corrected chi connectivity index (χ3v) is 4.00. The minimum Gasteiger partial charge on any atom is -0.507 e. The van der Waals surface area contributed by atoms with Crippen molar-refractivity contribution in [2.24, 2.45) is 0 Å². The van der Waals surface area contributed by atoms with Gasteiger partial charge >= 0.3 is 0 Å². The lowest BCUT2D eigenvalue weighted by molar-refractivity contribution is 0.356. The Kier molecular flexibility index (Phi) is 4.39. The summed E-state index contributed by atoms with van der Waals surface area (Å²) in [4.78, 5) is 8.48. The summed E-state index contributed by atoms with van der Waals surface area (Å²) in [5.74, 6) is 0.650. The second-order valence-corrected chi connectivity index (χ2v) is 5.72. The first kappa shape index (κ1) is 16.3. The lowest BCUT2D eigenvalue weighted by Gasteiger charge is -2.10. The molecule has 0 saturated carbocycles. The van der Waals surface area contributed by atoms with Gasteiger partial charge in [-0.3, -0.25) is 0 Å². The van der Waals surface area contributed by atoms with Gasteiger partial charge in [-0.15, -0.1) is 0 Å². The Hall–Kier alpha value is -2.61. The minimum absolute atomic E-state index is 0.0653. The Morgan fingerprint density at radius 1 is 1.12 bits per heavy atom. The third kappa shape index (κ3) is 3.05. The highest BCUT2D eigenvalue weighted by molar-refractivity contribution is 9.10. The molecule has 0 fully saturated rings. The van der Waals surface area contributed by atoms with Gasteiger partial charge in [0.15, 0.2) is 11.5 Å². The summed E-state index contributed by atoms with van der Waals surface area (Å²) in [6.07, 6.45) is 1.59. The molecule has 3 aromatic rings. The van der Waals surface area contributed by atoms with Crippen molar-refractivity contribution in [1.82, 2.24) is 9.97 Å². The molecule has 0 aliphatic rings. The van der Waals surface area contributed by atoms with Crippen LogP contribution in [0.25, 0.3) is 10.9 Å². The van der Waals surface area contributed by atoms with Crippen LogP contribution >= 0.6 is 15.9 Å². The van der Waals surface area contributed by atoms with Crippen LogP contribution < -0.4 is 14.8 Å². The molecular formula is C16H13BrFN3O3. The van der Waals surface area contributed by atoms with Gasteiger partial charge in [-0.2, -0.15) is 0 Å². The average Bonchev–Trinajstić information content (AvgIpc) is 2.58. The molecule has 0 spiro atoms. The van der Waals surface area contributed by atoms with E-state index >= 15 is 0 Å². The van der Waals surface area contributed by atoms with Crippen LogP contribution in [0.1, 0.15) is 0 Å². The lowest BCUT2D eigenvalue weighted by Crippen LogP contribution is -2.00. The zero-order valence-electron chi connectivity index (χ0n) is 12.8. The molecular weight excluding hydrogens is 381 g/mol. The second kappa shape index (κ2) is 6.48. The maximum absolute atomic E-state index is 14.0. The van der Waals surface area contributed by atoms with Crippen LogP contribution in [0, 0.1) is 5.82 Å². The Bertz CT molecular complexity index is 921. The van der Waals surface area contributed by atoms with Crippen LogP contribution in [-0.2, 0) is 0 Å². The van der Waals surface area contributed by atoms with Crippen LogP contribution in [0.4, 0.5) is 16.0 Å². The highest BCUT2D eigenvalue weighted by atomic mass is 79.9. The van der Waals surface area contributed by atoms with E-state index in [1.807, 2.05) is 0 Å². The van der Waals surface area contributed by atoms with E-state index in [1.165, 1.54) is 13.2 Å². The number of hydrogen-bond acceptors (Lipinski definition) is 6. The highest BCUT2D eigenvalue weighted by Crippen LogP contribution is 2.33. The number of methoxy groups -OCH3 is 2. The van der Waals surface area contributed by atoms with Crippen molar-refractivity contribution >= 4 is 38.5 Å². The fourth-order valence-electron chi connectivity index (χ4n) is 2.17. The van der Waals surface area contributed by atoms with E-state index in [1.54, 1.807) is 25.4 Å². The van der Waals surface area contributed by atoms with Crippen LogP contribution in [0.15, 0.2) is 34.9 Å². The van der Waals surface area contributed by atoms with E-state index in [9.17, 15) is 9.50 Å². The topological polar surface area (TPSA) is 76.5 Å². The molecule has 0 bridgehead atoms. The van der Waals surface area contributed by atoms with E-state index in [2.05, 4.69) is 31.2 Å². The molecule has 0 unspecified atom stereocenters. The van der Waals surface area contributed by atoms with Gasteiger partial charge in [0, 0.05) is 23.7 Å². The summed E-state index contributed by atoms with van der Waals surface area (Å²) in [7, 11) is 3.08. The maximum Gasteiger partial charge on any atom is 0.227 e. The number of aromatic hydroxyl groups is 1. The molecule has 1 aromatic heterocycles. The van der Waals surface area contributed by atoms with E-state index < -0.39 is 5.82 Å². The zero-order valence-corrected chi connectivity index (χ0v) is 14.4. The molecule has 0 atom stereocenters. The molecule has 2 aromatic carbocycles. The van der Waals surface area contributed by atoms with Crippen LogP contribution in [-0.4, -0.2) is 29.3 Å². The summed E-state index contributed by atoms with van der Waals surface area (Å²) in [5, 5.41) is 13.2. The summed E-state index contributed by atoms with van der Waals surface area (Å²) < 4.78 is 24.7. The Morgan fingerprint density at radius 2 is 1.83 bits per heavy atom. The number of halogens is 2. The van der Waals surface area contributed by atoms with E-state index in [4.69, 9.17) is 9.47 Å². The zero-order chi connectivity index (χ0) is 17.3. The summed E-state index contributed by atoms with van der Waals surface area (Å²) in [5.41, 5.74) is 0.669. The highest BCUT2D eigenvalue weighted by Gasteiger charge is 2.11. The number of benzene rings is 2. The first-order valence-corrected chi connectivity index (χ1v) is 7.65. The largest absolute Gasteiger partial charge is 0.507 e. The quantitative estimate of drug-likeness (QED) is 0.697. The molecule has 2 N–H and O–H groups in total. The van der Waals surface area contributed by atoms with Gasteiger partial charge in [0.05, 0.1) is 29.9 Å².